The van der Waals surface area contributed by atoms with E-state index in [0.29, 0.717) is 6.42 Å². The molecule has 5 heteroatoms. The van der Waals surface area contributed by atoms with Gasteiger partial charge >= 0.3 is 0 Å². The fourth-order valence-corrected chi connectivity index (χ4v) is 0.814. The number of aliphatic hydroxyl groups is 1. The summed E-state index contributed by atoms with van der Waals surface area (Å²) >= 11 is 3.20. The van der Waals surface area contributed by atoms with Gasteiger partial charge in [0, 0.05) is 6.20 Å². The van der Waals surface area contributed by atoms with Crippen molar-refractivity contribution in [2.24, 2.45) is 5.73 Å². The zero-order chi connectivity index (χ0) is 11.0. The molecule has 0 aliphatic rings. The number of carbonyl (C=O) groups is 1. The van der Waals surface area contributed by atoms with E-state index in [4.69, 9.17) is 5.11 Å². The maximum atomic E-state index is 9.90. The second-order valence-electron chi connectivity index (χ2n) is 2.48. The Balaban J connectivity index is 0.000000241. The Morgan fingerprint density at radius 3 is 2.50 bits per heavy atom. The Hall–Kier alpha value is -0.940. The van der Waals surface area contributed by atoms with Gasteiger partial charge in [-0.15, -0.1) is 0 Å². The number of nitrogens with two attached hydrogens (primary N) is 1. The van der Waals surface area contributed by atoms with Crippen molar-refractivity contribution in [3.63, 3.8) is 0 Å². The molecule has 1 heterocycles. The van der Waals surface area contributed by atoms with Crippen LogP contribution in [-0.4, -0.2) is 22.1 Å². The van der Waals surface area contributed by atoms with Crippen molar-refractivity contribution >= 4 is 21.8 Å². The number of primary amides is 1. The molecule has 0 aliphatic heterocycles. The summed E-state index contributed by atoms with van der Waals surface area (Å²) in [6, 6.07) is 5.70. The molecule has 14 heavy (non-hydrogen) atoms. The minimum Gasteiger partial charge on any atom is -0.383 e. The Morgan fingerprint density at radius 2 is 2.36 bits per heavy atom. The van der Waals surface area contributed by atoms with Crippen LogP contribution in [0.3, 0.4) is 0 Å². The van der Waals surface area contributed by atoms with Crippen LogP contribution < -0.4 is 5.73 Å². The molecule has 4 nitrogen and oxygen atoms in total. The van der Waals surface area contributed by atoms with Crippen molar-refractivity contribution in [1.82, 2.24) is 4.98 Å². The van der Waals surface area contributed by atoms with Gasteiger partial charge in [0.1, 0.15) is 10.7 Å². The Labute approximate surface area is 91.3 Å². The van der Waals surface area contributed by atoms with Gasteiger partial charge in [-0.25, -0.2) is 4.98 Å². The lowest BCUT2D eigenvalue weighted by atomic mass is 10.3. The van der Waals surface area contributed by atoms with E-state index < -0.39 is 12.0 Å². The van der Waals surface area contributed by atoms with Gasteiger partial charge in [0.05, 0.1) is 0 Å². The molecular weight excluding hydrogens is 248 g/mol. The molecule has 1 unspecified atom stereocenters. The fraction of sp³-hybridized carbons (Fsp3) is 0.333. The molecule has 0 saturated carbocycles. The Morgan fingerprint density at radius 1 is 1.71 bits per heavy atom. The van der Waals surface area contributed by atoms with Gasteiger partial charge in [-0.05, 0) is 34.5 Å². The van der Waals surface area contributed by atoms with E-state index in [1.54, 1.807) is 13.1 Å². The molecule has 1 amide bonds. The quantitative estimate of drug-likeness (QED) is 0.782. The van der Waals surface area contributed by atoms with Crippen LogP contribution in [0, 0.1) is 0 Å². The molecule has 1 atom stereocenters. The number of pyridine rings is 1. The molecule has 3 N–H and O–H groups in total. The van der Waals surface area contributed by atoms with Gasteiger partial charge in [-0.2, -0.15) is 0 Å². The van der Waals surface area contributed by atoms with E-state index >= 15 is 0 Å². The number of hydrogen-bond donors (Lipinski definition) is 2. The number of rotatable bonds is 2. The molecule has 0 spiro atoms. The van der Waals surface area contributed by atoms with E-state index in [2.05, 4.69) is 26.6 Å². The first-order chi connectivity index (χ1) is 6.57. The third-order valence-electron chi connectivity index (χ3n) is 1.34. The predicted molar refractivity (Wildman–Crippen MR) is 57.4 cm³/mol. The summed E-state index contributed by atoms with van der Waals surface area (Å²) in [4.78, 5) is 13.8. The number of aromatic nitrogens is 1. The summed E-state index contributed by atoms with van der Waals surface area (Å²) in [7, 11) is 0. The van der Waals surface area contributed by atoms with Crippen molar-refractivity contribution in [3.8, 4) is 0 Å². The van der Waals surface area contributed by atoms with Crippen LogP contribution in [-0.2, 0) is 4.79 Å². The fourth-order valence-electron chi connectivity index (χ4n) is 0.543. The van der Waals surface area contributed by atoms with Crippen LogP contribution in [0.25, 0.3) is 0 Å². The van der Waals surface area contributed by atoms with Crippen molar-refractivity contribution in [2.45, 2.75) is 19.4 Å². The summed E-state index contributed by atoms with van der Waals surface area (Å²) in [5.74, 6) is -0.650. The number of carbonyl (C=O) groups excluding carboxylic acids is 1. The standard InChI is InChI=1S/C5H4BrN.C4H9NO2/c6-5-3-1-2-4-7-5;1-2-3(6)4(5)7/h1-4H;3,6H,2H2,1H3,(H2,5,7). The van der Waals surface area contributed by atoms with Crippen molar-refractivity contribution in [2.75, 3.05) is 0 Å². The average molecular weight is 261 g/mol. The summed E-state index contributed by atoms with van der Waals surface area (Å²) in [6.07, 6.45) is 1.18. The highest BCUT2D eigenvalue weighted by atomic mass is 79.9. The van der Waals surface area contributed by atoms with E-state index in [-0.39, 0.29) is 0 Å². The van der Waals surface area contributed by atoms with Gasteiger partial charge in [0.2, 0.25) is 5.91 Å². The highest BCUT2D eigenvalue weighted by Crippen LogP contribution is 2.00. The lowest BCUT2D eigenvalue weighted by Gasteiger charge is -1.97. The molecule has 0 fully saturated rings. The molecule has 0 aromatic carbocycles. The second-order valence-corrected chi connectivity index (χ2v) is 3.29. The third-order valence-corrected chi connectivity index (χ3v) is 1.81. The summed E-state index contributed by atoms with van der Waals surface area (Å²) in [6.45, 7) is 1.69. The maximum absolute atomic E-state index is 9.90. The summed E-state index contributed by atoms with van der Waals surface area (Å²) in [5.41, 5.74) is 4.66. The number of amides is 1. The van der Waals surface area contributed by atoms with Crippen LogP contribution in [0.2, 0.25) is 0 Å². The minimum atomic E-state index is -0.958. The third kappa shape index (κ3) is 6.56. The smallest absolute Gasteiger partial charge is 0.246 e. The zero-order valence-electron chi connectivity index (χ0n) is 7.85. The van der Waals surface area contributed by atoms with Gasteiger partial charge in [-0.1, -0.05) is 13.0 Å². The predicted octanol–water partition coefficient (Wildman–Crippen LogP) is 1.09. The molecule has 0 radical (unpaired) electrons. The van der Waals surface area contributed by atoms with E-state index in [1.807, 2.05) is 18.2 Å². The molecule has 1 aromatic heterocycles. The van der Waals surface area contributed by atoms with E-state index in [0.717, 1.165) is 4.60 Å². The Kier molecular flexibility index (Phi) is 6.96. The number of aliphatic hydroxyl groups excluding tert-OH is 1. The Bertz CT molecular complexity index is 267. The van der Waals surface area contributed by atoms with Crippen molar-refractivity contribution in [3.05, 3.63) is 29.0 Å². The number of hydrogen-bond acceptors (Lipinski definition) is 3. The van der Waals surface area contributed by atoms with Crippen LogP contribution in [0.15, 0.2) is 29.0 Å². The molecule has 0 aliphatic carbocycles. The molecule has 1 aromatic rings. The number of nitrogens with zero attached hydrogens (tertiary/aromatic N) is 1. The van der Waals surface area contributed by atoms with E-state index in [1.165, 1.54) is 0 Å². The topological polar surface area (TPSA) is 76.2 Å². The zero-order valence-corrected chi connectivity index (χ0v) is 9.44. The summed E-state index contributed by atoms with van der Waals surface area (Å²) < 4.78 is 0.884. The van der Waals surface area contributed by atoms with Crippen molar-refractivity contribution in [1.29, 1.82) is 0 Å². The van der Waals surface area contributed by atoms with Gasteiger partial charge in [0.15, 0.2) is 0 Å². The van der Waals surface area contributed by atoms with E-state index in [9.17, 15) is 4.79 Å². The monoisotopic (exact) mass is 260 g/mol. The van der Waals surface area contributed by atoms with Gasteiger partial charge in [0.25, 0.3) is 0 Å². The van der Waals surface area contributed by atoms with Crippen LogP contribution in [0.4, 0.5) is 0 Å². The largest absolute Gasteiger partial charge is 0.383 e. The maximum Gasteiger partial charge on any atom is 0.246 e. The first-order valence-electron chi connectivity index (χ1n) is 4.11. The second kappa shape index (κ2) is 7.46. The van der Waals surface area contributed by atoms with Crippen LogP contribution in [0.1, 0.15) is 13.3 Å². The summed E-state index contributed by atoms with van der Waals surface area (Å²) in [5, 5.41) is 8.46. The first kappa shape index (κ1) is 13.1. The molecule has 78 valence electrons. The van der Waals surface area contributed by atoms with Crippen LogP contribution in [0.5, 0.6) is 0 Å². The minimum absolute atomic E-state index is 0.398. The first-order valence-corrected chi connectivity index (χ1v) is 4.91. The highest BCUT2D eigenvalue weighted by molar-refractivity contribution is 9.10. The molecule has 0 bridgehead atoms. The molecular formula is C9H13BrN2O2. The van der Waals surface area contributed by atoms with Gasteiger partial charge < -0.3 is 10.8 Å². The molecule has 0 saturated heterocycles. The van der Waals surface area contributed by atoms with Crippen molar-refractivity contribution < 1.29 is 9.90 Å². The SMILES string of the molecule is Brc1ccccn1.CCC(O)C(N)=O. The normalized spacial score (nSPS) is 11.1. The van der Waals surface area contributed by atoms with Crippen LogP contribution >= 0.6 is 15.9 Å². The lowest BCUT2D eigenvalue weighted by Crippen LogP contribution is -2.26. The number of halogens is 1. The highest BCUT2D eigenvalue weighted by Gasteiger charge is 2.04. The average Bonchev–Trinajstić information content (AvgIpc) is 2.18. The lowest BCUT2D eigenvalue weighted by molar-refractivity contribution is -0.126. The molecule has 1 rings (SSSR count). The van der Waals surface area contributed by atoms with Gasteiger partial charge in [-0.3, -0.25) is 4.79 Å².